The van der Waals surface area contributed by atoms with Gasteiger partial charge in [0.1, 0.15) is 18.3 Å². The normalized spacial score (nSPS) is 36.2. The molecule has 70 heavy (non-hydrogen) atoms. The molecule has 0 saturated carbocycles. The highest BCUT2D eigenvalue weighted by Gasteiger charge is 2.52. The molecule has 3 aliphatic rings. The van der Waals surface area contributed by atoms with Gasteiger partial charge in [-0.1, -0.05) is 43.7 Å². The summed E-state index contributed by atoms with van der Waals surface area (Å²) in [5.74, 6) is -5.37. The van der Waals surface area contributed by atoms with Gasteiger partial charge in [-0.15, -0.1) is 5.10 Å². The average Bonchev–Trinajstić information content (AvgIpc) is 3.72. The lowest BCUT2D eigenvalue weighted by molar-refractivity contribution is -0.304. The quantitative estimate of drug-likeness (QED) is 0.133. The lowest BCUT2D eigenvalue weighted by Gasteiger charge is -2.46. The van der Waals surface area contributed by atoms with Gasteiger partial charge in [-0.25, -0.2) is 4.68 Å². The largest absolute Gasteiger partial charge is 0.462 e. The summed E-state index contributed by atoms with van der Waals surface area (Å²) in [4.78, 5) is 67.5. The fourth-order valence-corrected chi connectivity index (χ4v) is 9.48. The van der Waals surface area contributed by atoms with E-state index in [0.717, 1.165) is 6.92 Å². The van der Waals surface area contributed by atoms with Crippen LogP contribution in [-0.4, -0.2) is 196 Å². The Labute approximate surface area is 410 Å². The summed E-state index contributed by atoms with van der Waals surface area (Å²) in [6.45, 7) is 12.6. The first kappa shape index (κ1) is 58.3. The van der Waals surface area contributed by atoms with E-state index in [9.17, 15) is 44.4 Å². The van der Waals surface area contributed by atoms with Crippen LogP contribution < -0.4 is 0 Å². The van der Waals surface area contributed by atoms with E-state index in [1.807, 2.05) is 18.9 Å². The number of esters is 4. The van der Waals surface area contributed by atoms with Gasteiger partial charge in [0, 0.05) is 58.4 Å². The third kappa shape index (κ3) is 16.1. The number of aliphatic hydroxyl groups is 4. The van der Waals surface area contributed by atoms with Gasteiger partial charge in [-0.3, -0.25) is 24.0 Å². The Bertz CT molecular complexity index is 1950. The molecule has 0 amide bonds. The molecule has 22 nitrogen and oxygen atoms in total. The van der Waals surface area contributed by atoms with E-state index >= 15 is 0 Å². The summed E-state index contributed by atoms with van der Waals surface area (Å²) in [5.41, 5.74) is 1.22. The molecule has 0 radical (unpaired) electrons. The predicted molar refractivity (Wildman–Crippen MR) is 248 cm³/mol. The Hall–Kier alpha value is -4.23. The average molecular weight is 996 g/mol. The van der Waals surface area contributed by atoms with Crippen LogP contribution in [0.2, 0.25) is 0 Å². The summed E-state index contributed by atoms with van der Waals surface area (Å²) in [7, 11) is 6.62. The molecule has 3 aliphatic heterocycles. The third-order valence-corrected chi connectivity index (χ3v) is 13.2. The smallest absolute Gasteiger partial charge is 0.308 e. The van der Waals surface area contributed by atoms with Crippen molar-refractivity contribution >= 4 is 29.7 Å². The van der Waals surface area contributed by atoms with Crippen LogP contribution in [0.1, 0.15) is 86.8 Å². The number of hydrogen-bond donors (Lipinski definition) is 4. The van der Waals surface area contributed by atoms with Crippen LogP contribution in [0.4, 0.5) is 0 Å². The monoisotopic (exact) mass is 996 g/mol. The summed E-state index contributed by atoms with van der Waals surface area (Å²) < 4.78 is 48.2. The van der Waals surface area contributed by atoms with Crippen molar-refractivity contribution in [1.82, 2.24) is 24.8 Å². The van der Waals surface area contributed by atoms with Crippen LogP contribution in [0.15, 0.2) is 30.0 Å². The molecule has 22 heteroatoms. The fraction of sp³-hybridized carbons (Fsp3) is 0.771. The van der Waals surface area contributed by atoms with Crippen LogP contribution in [0.25, 0.3) is 0 Å². The van der Waals surface area contributed by atoms with E-state index in [1.54, 1.807) is 65.0 Å². The van der Waals surface area contributed by atoms with Gasteiger partial charge in [0.25, 0.3) is 0 Å². The fourth-order valence-electron chi connectivity index (χ4n) is 9.48. The first-order chi connectivity index (χ1) is 33.0. The van der Waals surface area contributed by atoms with E-state index in [-0.39, 0.29) is 31.9 Å². The summed E-state index contributed by atoms with van der Waals surface area (Å²) in [6, 6.07) is -0.771. The zero-order valence-electron chi connectivity index (χ0n) is 42.6. The number of likely N-dealkylation sites (N-methyl/N-ethyl adjacent to an activating group) is 1. The Morgan fingerprint density at radius 2 is 1.51 bits per heavy atom. The zero-order chi connectivity index (χ0) is 52.1. The highest BCUT2D eigenvalue weighted by atomic mass is 16.7. The minimum atomic E-state index is -1.33. The zero-order valence-corrected chi connectivity index (χ0v) is 42.6. The van der Waals surface area contributed by atoms with Crippen molar-refractivity contribution in [2.24, 2.45) is 23.7 Å². The van der Waals surface area contributed by atoms with E-state index < -0.39 is 134 Å². The second kappa shape index (κ2) is 27.0. The number of hydrogen-bond acceptors (Lipinski definition) is 21. The van der Waals surface area contributed by atoms with Crippen molar-refractivity contribution in [3.63, 3.8) is 0 Å². The van der Waals surface area contributed by atoms with E-state index in [2.05, 4.69) is 10.3 Å². The Morgan fingerprint density at radius 1 is 0.871 bits per heavy atom. The number of ether oxygens (including phenoxy) is 8. The third-order valence-electron chi connectivity index (χ3n) is 13.2. The molecule has 4 N–H and O–H groups in total. The van der Waals surface area contributed by atoms with Crippen molar-refractivity contribution in [2.45, 2.75) is 174 Å². The number of aliphatic hydroxyl groups excluding tert-OH is 4. The van der Waals surface area contributed by atoms with E-state index in [0.29, 0.717) is 30.7 Å². The van der Waals surface area contributed by atoms with Gasteiger partial charge < -0.3 is 68.1 Å². The number of carbonyl (C=O) groups is 5. The van der Waals surface area contributed by atoms with Gasteiger partial charge in [-0.05, 0) is 72.8 Å². The van der Waals surface area contributed by atoms with Gasteiger partial charge in [0.05, 0.1) is 55.7 Å². The molecule has 396 valence electrons. The number of aromatic nitrogens is 3. The molecule has 2 fully saturated rings. The summed E-state index contributed by atoms with van der Waals surface area (Å²) in [5, 5.41) is 53.3. The second-order valence-electron chi connectivity index (χ2n) is 19.2. The van der Waals surface area contributed by atoms with Gasteiger partial charge in [-0.2, -0.15) is 0 Å². The standard InChI is InChI=1S/C48H77N5O17/c1-13-37-33(24-54)18-25(2)14-15-35(58)26(3)19-32(43(27(4)36(59)20-39(60)68-37)70-47-42(62)40(51(9)10)41(61)28(5)64-47)16-17-52(11)21-34-22-53(50-49-34)23-38-44(65-29(6)55)45(66-30(7)56)46(67-31(8)57)48(63-12)69-38/h14-15,18,22,26-28,32-33,36-38,40-48,54,59,61-62H,13,16-17,19-21,23-24H2,1-12H3/b15-14+,25-18+/t26-,27+,28-,32+,33-,36-,37-,38-,40?,41?,42?,43-,44-,45+,46-,47+,48+/m1/s1. The molecule has 1 aromatic heterocycles. The molecular formula is C48H77N5O17. The first-order valence-electron chi connectivity index (χ1n) is 24.0. The molecule has 0 aliphatic carbocycles. The number of ketones is 1. The van der Waals surface area contributed by atoms with Crippen LogP contribution >= 0.6 is 0 Å². The number of methoxy groups -OCH3 is 1. The minimum absolute atomic E-state index is 0.0515. The van der Waals surface area contributed by atoms with Crippen LogP contribution in [0, 0.1) is 23.7 Å². The maximum Gasteiger partial charge on any atom is 0.308 e. The number of rotatable bonds is 16. The molecule has 0 bridgehead atoms. The predicted octanol–water partition coefficient (Wildman–Crippen LogP) is 1.09. The van der Waals surface area contributed by atoms with Crippen molar-refractivity contribution in [2.75, 3.05) is 41.4 Å². The molecule has 17 atom stereocenters. The molecule has 0 spiro atoms. The Morgan fingerprint density at radius 3 is 2.11 bits per heavy atom. The number of nitrogens with zero attached hydrogens (tertiary/aromatic N) is 5. The lowest BCUT2D eigenvalue weighted by Crippen LogP contribution is -2.63. The molecule has 4 rings (SSSR count). The van der Waals surface area contributed by atoms with Crippen molar-refractivity contribution in [3.05, 3.63) is 35.7 Å². The molecule has 0 aromatic carbocycles. The Kier molecular flexibility index (Phi) is 22.5. The molecule has 4 heterocycles. The van der Waals surface area contributed by atoms with Gasteiger partial charge in [0.2, 0.25) is 0 Å². The number of carbonyl (C=O) groups excluding carboxylic acids is 5. The van der Waals surface area contributed by atoms with Crippen LogP contribution in [-0.2, 0) is 75.0 Å². The topological polar surface area (TPSA) is 277 Å². The van der Waals surface area contributed by atoms with Crippen molar-refractivity contribution in [3.8, 4) is 0 Å². The summed E-state index contributed by atoms with van der Waals surface area (Å²) >= 11 is 0. The highest BCUT2D eigenvalue weighted by Crippen LogP contribution is 2.35. The highest BCUT2D eigenvalue weighted by molar-refractivity contribution is 5.91. The number of cyclic esters (lactones) is 1. The summed E-state index contributed by atoms with van der Waals surface area (Å²) in [6.07, 6.45) is -6.13. The number of allylic oxidation sites excluding steroid dienone is 3. The van der Waals surface area contributed by atoms with Crippen molar-refractivity contribution < 1.29 is 82.3 Å². The SMILES string of the molecule is CC[C@H]1OC(=O)C[C@@H](O)[C@H](C)[C@@H](O[C@@H]2O[C@H](C)C(O)C(N(C)C)C2O)[C@@H](CCN(C)Cc2cn(C[C@H]3O[C@H](OC)[C@H](OC(C)=O)[C@@H](OC(C)=O)[C@@H]3OC(C)=O)nn2)C[C@@H](C)C(=O)/C=C/C(C)=C/[C@@H]1CO. The van der Waals surface area contributed by atoms with Crippen LogP contribution in [0.5, 0.6) is 0 Å². The second-order valence-corrected chi connectivity index (χ2v) is 19.2. The van der Waals surface area contributed by atoms with Crippen molar-refractivity contribution in [1.29, 1.82) is 0 Å². The Balaban J connectivity index is 1.65. The molecular weight excluding hydrogens is 919 g/mol. The molecule has 2 saturated heterocycles. The maximum atomic E-state index is 13.8. The van der Waals surface area contributed by atoms with E-state index in [4.69, 9.17) is 37.9 Å². The minimum Gasteiger partial charge on any atom is -0.462 e. The van der Waals surface area contributed by atoms with E-state index in [1.165, 1.54) is 31.7 Å². The molecule has 3 unspecified atom stereocenters. The maximum absolute atomic E-state index is 13.8. The van der Waals surface area contributed by atoms with Gasteiger partial charge in [0.15, 0.2) is 36.7 Å². The lowest BCUT2D eigenvalue weighted by atomic mass is 9.79. The first-order valence-corrected chi connectivity index (χ1v) is 24.0. The molecule has 1 aromatic rings. The van der Waals surface area contributed by atoms with Crippen LogP contribution in [0.3, 0.4) is 0 Å². The van der Waals surface area contributed by atoms with Gasteiger partial charge >= 0.3 is 23.9 Å².